The van der Waals surface area contributed by atoms with Crippen LogP contribution in [0, 0.1) is 0 Å². The summed E-state index contributed by atoms with van der Waals surface area (Å²) >= 11 is 0. The molecule has 0 saturated heterocycles. The van der Waals surface area contributed by atoms with Gasteiger partial charge in [0, 0.05) is 18.7 Å². The summed E-state index contributed by atoms with van der Waals surface area (Å²) in [4.78, 5) is 23.1. The topological polar surface area (TPSA) is 84.2 Å². The molecule has 0 spiro atoms. The van der Waals surface area contributed by atoms with Gasteiger partial charge in [-0.15, -0.1) is 0 Å². The Kier molecular flexibility index (Phi) is 6.56. The van der Waals surface area contributed by atoms with E-state index in [2.05, 4.69) is 10.6 Å². The predicted molar refractivity (Wildman–Crippen MR) is 80.2 cm³/mol. The van der Waals surface area contributed by atoms with Crippen LogP contribution in [0.4, 0.5) is 5.69 Å². The fraction of sp³-hybridized carbons (Fsp3) is 0.467. The molecule has 1 rings (SSSR count). The third-order valence-corrected chi connectivity index (χ3v) is 3.02. The lowest BCUT2D eigenvalue weighted by atomic mass is 9.97. The molecule has 0 aliphatic heterocycles. The van der Waals surface area contributed by atoms with Crippen molar-refractivity contribution in [2.45, 2.75) is 32.6 Å². The zero-order valence-corrected chi connectivity index (χ0v) is 12.1. The number of rotatable bonds is 7. The summed E-state index contributed by atoms with van der Waals surface area (Å²) in [7, 11) is 0. The van der Waals surface area contributed by atoms with Crippen molar-refractivity contribution >= 4 is 17.5 Å². The van der Waals surface area contributed by atoms with Crippen molar-refractivity contribution in [1.29, 1.82) is 0 Å². The van der Waals surface area contributed by atoms with Crippen molar-refractivity contribution < 1.29 is 9.59 Å². The van der Waals surface area contributed by atoms with Crippen LogP contribution < -0.4 is 16.4 Å². The molecule has 0 aliphatic carbocycles. The maximum Gasteiger partial charge on any atom is 0.239 e. The maximum absolute atomic E-state index is 11.8. The molecule has 0 aliphatic rings. The monoisotopic (exact) mass is 277 g/mol. The molecule has 0 aromatic heterocycles. The number of carbonyl (C=O) groups is 2. The van der Waals surface area contributed by atoms with Crippen molar-refractivity contribution in [3.63, 3.8) is 0 Å². The maximum atomic E-state index is 11.8. The first-order chi connectivity index (χ1) is 9.52. The van der Waals surface area contributed by atoms with E-state index in [1.54, 1.807) is 0 Å². The average molecular weight is 277 g/mol. The molecular weight excluding hydrogens is 254 g/mol. The normalized spacial score (nSPS) is 11.7. The molecule has 5 nitrogen and oxygen atoms in total. The Bertz CT molecular complexity index is 443. The molecule has 1 atom stereocenters. The zero-order valence-electron chi connectivity index (χ0n) is 12.1. The molecule has 110 valence electrons. The first kappa shape index (κ1) is 16.0. The summed E-state index contributed by atoms with van der Waals surface area (Å²) in [6.45, 7) is 4.62. The summed E-state index contributed by atoms with van der Waals surface area (Å²) in [5.41, 5.74) is 7.39. The van der Waals surface area contributed by atoms with Crippen LogP contribution in [-0.4, -0.2) is 24.9 Å². The van der Waals surface area contributed by atoms with Crippen LogP contribution in [0.25, 0.3) is 0 Å². The highest BCUT2D eigenvalue weighted by Crippen LogP contribution is 2.19. The first-order valence-corrected chi connectivity index (χ1v) is 6.91. The third-order valence-electron chi connectivity index (χ3n) is 3.02. The van der Waals surface area contributed by atoms with Crippen LogP contribution in [0.5, 0.6) is 0 Å². The number of nitrogens with one attached hydrogen (secondary N) is 2. The number of benzene rings is 1. The Hall–Kier alpha value is -2.04. The smallest absolute Gasteiger partial charge is 0.239 e. The number of anilines is 1. The van der Waals surface area contributed by atoms with Gasteiger partial charge >= 0.3 is 0 Å². The van der Waals surface area contributed by atoms with E-state index in [9.17, 15) is 9.59 Å². The van der Waals surface area contributed by atoms with Crippen LogP contribution in [0.1, 0.15) is 38.2 Å². The van der Waals surface area contributed by atoms with Crippen LogP contribution in [-0.2, 0) is 9.59 Å². The molecular formula is C15H23N3O2. The van der Waals surface area contributed by atoms with Gasteiger partial charge in [-0.1, -0.05) is 26.0 Å². The minimum Gasteiger partial charge on any atom is -0.399 e. The number of carbonyl (C=O) groups excluding carboxylic acids is 2. The van der Waals surface area contributed by atoms with Crippen LogP contribution in [0.2, 0.25) is 0 Å². The highest BCUT2D eigenvalue weighted by Gasteiger charge is 2.12. The fourth-order valence-electron chi connectivity index (χ4n) is 1.80. The summed E-state index contributed by atoms with van der Waals surface area (Å²) in [5, 5.41) is 5.34. The van der Waals surface area contributed by atoms with Gasteiger partial charge in [-0.3, -0.25) is 9.59 Å². The number of nitrogens with two attached hydrogens (primary N) is 1. The summed E-state index contributed by atoms with van der Waals surface area (Å²) < 4.78 is 0. The first-order valence-electron chi connectivity index (χ1n) is 6.91. The van der Waals surface area contributed by atoms with Gasteiger partial charge in [0.2, 0.25) is 11.8 Å². The van der Waals surface area contributed by atoms with E-state index in [4.69, 9.17) is 5.73 Å². The molecule has 1 unspecified atom stereocenters. The van der Waals surface area contributed by atoms with Crippen LogP contribution in [0.3, 0.4) is 0 Å². The summed E-state index contributed by atoms with van der Waals surface area (Å²) in [5.74, 6) is -0.185. The van der Waals surface area contributed by atoms with E-state index in [1.165, 1.54) is 0 Å². The van der Waals surface area contributed by atoms with Crippen molar-refractivity contribution in [1.82, 2.24) is 10.6 Å². The van der Waals surface area contributed by atoms with Crippen molar-refractivity contribution in [2.24, 2.45) is 0 Å². The molecule has 0 radical (unpaired) electrons. The van der Waals surface area contributed by atoms with Gasteiger partial charge in [0.25, 0.3) is 0 Å². The van der Waals surface area contributed by atoms with Crippen LogP contribution in [0.15, 0.2) is 24.3 Å². The van der Waals surface area contributed by atoms with E-state index in [0.29, 0.717) is 18.7 Å². The second kappa shape index (κ2) is 8.19. The van der Waals surface area contributed by atoms with E-state index >= 15 is 0 Å². The van der Waals surface area contributed by atoms with Crippen LogP contribution >= 0.6 is 0 Å². The second-order valence-electron chi connectivity index (χ2n) is 4.90. The molecule has 0 heterocycles. The molecule has 1 aromatic rings. The number of nitrogen functional groups attached to an aromatic ring is 1. The largest absolute Gasteiger partial charge is 0.399 e. The van der Waals surface area contributed by atoms with Gasteiger partial charge < -0.3 is 16.4 Å². The molecule has 1 aromatic carbocycles. The SMILES string of the molecule is CCCNC(=O)CNC(=O)CC(C)c1ccc(N)cc1. The highest BCUT2D eigenvalue weighted by atomic mass is 16.2. The van der Waals surface area contributed by atoms with Gasteiger partial charge in [-0.05, 0) is 30.0 Å². The number of hydrogen-bond acceptors (Lipinski definition) is 3. The lowest BCUT2D eigenvalue weighted by Gasteiger charge is -2.12. The van der Waals surface area contributed by atoms with Gasteiger partial charge in [0.15, 0.2) is 0 Å². The molecule has 4 N–H and O–H groups in total. The third kappa shape index (κ3) is 5.73. The van der Waals surface area contributed by atoms with Gasteiger partial charge in [-0.2, -0.15) is 0 Å². The highest BCUT2D eigenvalue weighted by molar-refractivity contribution is 5.84. The summed E-state index contributed by atoms with van der Waals surface area (Å²) in [6.07, 6.45) is 1.23. The Morgan fingerprint density at radius 2 is 1.80 bits per heavy atom. The van der Waals surface area contributed by atoms with Crippen molar-refractivity contribution in [3.8, 4) is 0 Å². The van der Waals surface area contributed by atoms with Gasteiger partial charge in [-0.25, -0.2) is 0 Å². The van der Waals surface area contributed by atoms with E-state index < -0.39 is 0 Å². The predicted octanol–water partition coefficient (Wildman–Crippen LogP) is 1.40. The number of hydrogen-bond donors (Lipinski definition) is 3. The minimum absolute atomic E-state index is 0.0350. The van der Waals surface area contributed by atoms with E-state index in [0.717, 1.165) is 12.0 Å². The lowest BCUT2D eigenvalue weighted by molar-refractivity contribution is -0.126. The Balaban J connectivity index is 2.34. The summed E-state index contributed by atoms with van der Waals surface area (Å²) in [6, 6.07) is 7.48. The van der Waals surface area contributed by atoms with E-state index in [-0.39, 0.29) is 24.3 Å². The minimum atomic E-state index is -0.152. The number of amides is 2. The van der Waals surface area contributed by atoms with Crippen molar-refractivity contribution in [3.05, 3.63) is 29.8 Å². The Morgan fingerprint density at radius 3 is 2.40 bits per heavy atom. The Labute approximate surface area is 119 Å². The van der Waals surface area contributed by atoms with Gasteiger partial charge in [0.05, 0.1) is 6.54 Å². The molecule has 0 bridgehead atoms. The van der Waals surface area contributed by atoms with Crippen molar-refractivity contribution in [2.75, 3.05) is 18.8 Å². The fourth-order valence-corrected chi connectivity index (χ4v) is 1.80. The lowest BCUT2D eigenvalue weighted by Crippen LogP contribution is -2.37. The molecule has 5 heteroatoms. The standard InChI is InChI=1S/C15H23N3O2/c1-3-8-17-15(20)10-18-14(19)9-11(2)12-4-6-13(16)7-5-12/h4-7,11H,3,8-10,16H2,1-2H3,(H,17,20)(H,18,19). The molecule has 0 saturated carbocycles. The quantitative estimate of drug-likeness (QED) is 0.659. The Morgan fingerprint density at radius 1 is 1.15 bits per heavy atom. The van der Waals surface area contributed by atoms with Gasteiger partial charge in [0.1, 0.15) is 0 Å². The zero-order chi connectivity index (χ0) is 15.0. The molecule has 0 fully saturated rings. The molecule has 20 heavy (non-hydrogen) atoms. The average Bonchev–Trinajstić information content (AvgIpc) is 2.43. The molecule has 2 amide bonds. The van der Waals surface area contributed by atoms with E-state index in [1.807, 2.05) is 38.1 Å². The second-order valence-corrected chi connectivity index (χ2v) is 4.90.